The summed E-state index contributed by atoms with van der Waals surface area (Å²) in [5.41, 5.74) is 4.14. The minimum atomic E-state index is -4.43. The zero-order chi connectivity index (χ0) is 31.6. The van der Waals surface area contributed by atoms with Crippen molar-refractivity contribution in [3.05, 3.63) is 113 Å². The molecule has 0 atom stereocenters. The summed E-state index contributed by atoms with van der Waals surface area (Å²) >= 11 is 0. The second-order valence-corrected chi connectivity index (χ2v) is 11.0. The van der Waals surface area contributed by atoms with Crippen molar-refractivity contribution in [3.8, 4) is 22.6 Å². The van der Waals surface area contributed by atoms with Crippen LogP contribution in [0.5, 0.6) is 0 Å². The zero-order valence-electron chi connectivity index (χ0n) is 24.8. The Morgan fingerprint density at radius 2 is 1.67 bits per heavy atom. The summed E-state index contributed by atoms with van der Waals surface area (Å²) < 4.78 is 44.5. The van der Waals surface area contributed by atoms with Crippen molar-refractivity contribution in [2.45, 2.75) is 26.6 Å². The number of halogens is 3. The Balaban J connectivity index is 1.07. The highest BCUT2D eigenvalue weighted by Crippen LogP contribution is 2.33. The maximum atomic E-state index is 13.3. The zero-order valence-corrected chi connectivity index (χ0v) is 24.8. The first-order chi connectivity index (χ1) is 21.6. The lowest BCUT2D eigenvalue weighted by atomic mass is 9.94. The number of benzene rings is 3. The lowest BCUT2D eigenvalue weighted by molar-refractivity contribution is -0.137. The van der Waals surface area contributed by atoms with Crippen molar-refractivity contribution in [1.82, 2.24) is 20.0 Å². The maximum Gasteiger partial charge on any atom is 0.416 e. The van der Waals surface area contributed by atoms with Gasteiger partial charge in [-0.2, -0.15) is 18.2 Å². The van der Waals surface area contributed by atoms with Crippen molar-refractivity contribution < 1.29 is 22.5 Å². The van der Waals surface area contributed by atoms with Gasteiger partial charge in [0.05, 0.1) is 17.4 Å². The second kappa shape index (κ2) is 12.5. The van der Waals surface area contributed by atoms with Crippen LogP contribution in [0, 0.1) is 13.8 Å². The van der Waals surface area contributed by atoms with Gasteiger partial charge >= 0.3 is 6.18 Å². The van der Waals surface area contributed by atoms with Crippen molar-refractivity contribution in [3.63, 3.8) is 0 Å². The van der Waals surface area contributed by atoms with Crippen molar-refractivity contribution in [2.24, 2.45) is 0 Å². The summed E-state index contributed by atoms with van der Waals surface area (Å²) in [6.45, 7) is 7.77. The summed E-state index contributed by atoms with van der Waals surface area (Å²) in [4.78, 5) is 26.8. The number of aryl methyl sites for hydroxylation is 2. The number of rotatable bonds is 7. The minimum Gasteiger partial charge on any atom is -0.354 e. The van der Waals surface area contributed by atoms with Gasteiger partial charge in [0.25, 0.3) is 11.8 Å². The number of anilines is 2. The molecule has 1 amide bonds. The van der Waals surface area contributed by atoms with Crippen LogP contribution in [0.3, 0.4) is 0 Å². The number of alkyl halides is 3. The van der Waals surface area contributed by atoms with Crippen LogP contribution in [0.2, 0.25) is 0 Å². The molecule has 5 aromatic rings. The number of hydrogen-bond acceptors (Lipinski definition) is 7. The highest BCUT2D eigenvalue weighted by Gasteiger charge is 2.30. The van der Waals surface area contributed by atoms with E-state index in [1.54, 1.807) is 25.3 Å². The van der Waals surface area contributed by atoms with Gasteiger partial charge < -0.3 is 14.7 Å². The number of pyridine rings is 1. The average Bonchev–Trinajstić information content (AvgIpc) is 3.48. The third kappa shape index (κ3) is 6.88. The van der Waals surface area contributed by atoms with E-state index in [2.05, 4.69) is 42.4 Å². The fourth-order valence-corrected chi connectivity index (χ4v) is 5.52. The average molecular weight is 613 g/mol. The standard InChI is InChI=1S/C34H31F3N6O2/c1-22-5-3-8-29(31(22)25-9-11-27(12-10-25)34(35,36)37)32(44)40-28-13-14-30(38-20-28)43-17-15-42(16-18-43)21-24-6-4-7-26(19-24)33-39-23(2)41-45-33/h3-14,19-20H,15-18,21H2,1-2H3,(H,40,44). The molecule has 3 heterocycles. The van der Waals surface area contributed by atoms with E-state index in [-0.39, 0.29) is 5.91 Å². The van der Waals surface area contributed by atoms with Crippen LogP contribution in [0.4, 0.5) is 24.7 Å². The molecule has 0 saturated carbocycles. The molecular formula is C34H31F3N6O2. The van der Waals surface area contributed by atoms with Crippen LogP contribution in [-0.4, -0.2) is 52.1 Å². The van der Waals surface area contributed by atoms with Crippen LogP contribution in [-0.2, 0) is 12.7 Å². The Morgan fingerprint density at radius 3 is 2.33 bits per heavy atom. The van der Waals surface area contributed by atoms with E-state index in [0.717, 1.165) is 61.8 Å². The third-order valence-corrected chi connectivity index (χ3v) is 7.83. The molecule has 0 radical (unpaired) electrons. The number of carbonyl (C=O) groups is 1. The van der Waals surface area contributed by atoms with Crippen LogP contribution in [0.1, 0.15) is 32.9 Å². The molecule has 0 bridgehead atoms. The first kappa shape index (κ1) is 30.0. The van der Waals surface area contributed by atoms with Gasteiger partial charge in [-0.05, 0) is 78.6 Å². The Kier molecular flexibility index (Phi) is 8.36. The predicted molar refractivity (Wildman–Crippen MR) is 166 cm³/mol. The van der Waals surface area contributed by atoms with Gasteiger partial charge in [0.1, 0.15) is 5.82 Å². The van der Waals surface area contributed by atoms with E-state index in [1.165, 1.54) is 17.7 Å². The third-order valence-electron chi connectivity index (χ3n) is 7.83. The van der Waals surface area contributed by atoms with Gasteiger partial charge in [-0.15, -0.1) is 0 Å². The predicted octanol–water partition coefficient (Wildman–Crippen LogP) is 7.01. The van der Waals surface area contributed by atoms with Gasteiger partial charge in [0.15, 0.2) is 5.82 Å². The molecular weight excluding hydrogens is 581 g/mol. The Bertz CT molecular complexity index is 1790. The maximum absolute atomic E-state index is 13.3. The van der Waals surface area contributed by atoms with Crippen LogP contribution in [0.25, 0.3) is 22.6 Å². The van der Waals surface area contributed by atoms with E-state index < -0.39 is 11.7 Å². The molecule has 1 N–H and O–H groups in total. The molecule has 1 saturated heterocycles. The molecule has 45 heavy (non-hydrogen) atoms. The molecule has 11 heteroatoms. The Morgan fingerprint density at radius 1 is 0.911 bits per heavy atom. The molecule has 1 fully saturated rings. The molecule has 0 spiro atoms. The first-order valence-corrected chi connectivity index (χ1v) is 14.6. The molecule has 1 aliphatic heterocycles. The number of piperazine rings is 1. The summed E-state index contributed by atoms with van der Waals surface area (Å²) in [6, 6.07) is 21.9. The molecule has 8 nitrogen and oxygen atoms in total. The summed E-state index contributed by atoms with van der Waals surface area (Å²) in [6.07, 6.45) is -2.81. The smallest absolute Gasteiger partial charge is 0.354 e. The molecule has 230 valence electrons. The molecule has 0 unspecified atom stereocenters. The number of amides is 1. The van der Waals surface area contributed by atoms with E-state index in [9.17, 15) is 18.0 Å². The van der Waals surface area contributed by atoms with Gasteiger partial charge in [-0.25, -0.2) is 4.98 Å². The van der Waals surface area contributed by atoms with Crippen molar-refractivity contribution >= 4 is 17.4 Å². The van der Waals surface area contributed by atoms with Crippen LogP contribution in [0.15, 0.2) is 89.6 Å². The summed E-state index contributed by atoms with van der Waals surface area (Å²) in [7, 11) is 0. The van der Waals surface area contributed by atoms with E-state index >= 15 is 0 Å². The quantitative estimate of drug-likeness (QED) is 0.212. The van der Waals surface area contributed by atoms with E-state index in [4.69, 9.17) is 4.52 Å². The van der Waals surface area contributed by atoms with E-state index in [0.29, 0.717) is 34.1 Å². The minimum absolute atomic E-state index is 0.366. The van der Waals surface area contributed by atoms with Gasteiger partial charge in [0.2, 0.25) is 0 Å². The topological polar surface area (TPSA) is 87.4 Å². The largest absolute Gasteiger partial charge is 0.416 e. The van der Waals surface area contributed by atoms with Gasteiger partial charge in [-0.3, -0.25) is 9.69 Å². The number of carbonyl (C=O) groups excluding carboxylic acids is 1. The SMILES string of the molecule is Cc1noc(-c2cccc(CN3CCN(c4ccc(NC(=O)c5cccc(C)c5-c5ccc(C(F)(F)F)cc5)cn4)CC3)c2)n1. The number of aromatic nitrogens is 3. The molecule has 0 aliphatic carbocycles. The summed E-state index contributed by atoms with van der Waals surface area (Å²) in [5.74, 6) is 1.58. The number of nitrogens with one attached hydrogen (secondary N) is 1. The number of hydrogen-bond donors (Lipinski definition) is 1. The lowest BCUT2D eigenvalue weighted by Crippen LogP contribution is -2.46. The fraction of sp³-hybridized carbons (Fsp3) is 0.235. The van der Waals surface area contributed by atoms with Crippen molar-refractivity contribution in [2.75, 3.05) is 36.4 Å². The van der Waals surface area contributed by atoms with Crippen LogP contribution < -0.4 is 10.2 Å². The Labute approximate surface area is 258 Å². The fourth-order valence-electron chi connectivity index (χ4n) is 5.52. The molecule has 1 aliphatic rings. The Hall–Kier alpha value is -5.03. The highest BCUT2D eigenvalue weighted by atomic mass is 19.4. The number of nitrogens with zero attached hydrogens (tertiary/aromatic N) is 5. The van der Waals surface area contributed by atoms with Crippen LogP contribution >= 0.6 is 0 Å². The molecule has 3 aromatic carbocycles. The van der Waals surface area contributed by atoms with Gasteiger partial charge in [-0.1, -0.05) is 41.6 Å². The molecule has 6 rings (SSSR count). The second-order valence-electron chi connectivity index (χ2n) is 11.0. The van der Waals surface area contributed by atoms with Crippen molar-refractivity contribution in [1.29, 1.82) is 0 Å². The monoisotopic (exact) mass is 612 g/mol. The van der Waals surface area contributed by atoms with Gasteiger partial charge in [0, 0.05) is 43.9 Å². The first-order valence-electron chi connectivity index (χ1n) is 14.6. The lowest BCUT2D eigenvalue weighted by Gasteiger charge is -2.35. The normalized spacial score (nSPS) is 14.0. The highest BCUT2D eigenvalue weighted by molar-refractivity contribution is 6.09. The summed E-state index contributed by atoms with van der Waals surface area (Å²) in [5, 5.41) is 6.77. The van der Waals surface area contributed by atoms with E-state index in [1.807, 2.05) is 37.3 Å². The molecule has 2 aromatic heterocycles.